The van der Waals surface area contributed by atoms with Crippen molar-refractivity contribution < 1.29 is 14.0 Å². The molecule has 0 aliphatic carbocycles. The first-order valence-electron chi connectivity index (χ1n) is 8.55. The maximum absolute atomic E-state index is 12.2. The molecule has 2 heterocycles. The van der Waals surface area contributed by atoms with Crippen LogP contribution < -0.4 is 15.5 Å². The molecular formula is C19H23N3O3. The van der Waals surface area contributed by atoms with E-state index < -0.39 is 6.04 Å². The maximum atomic E-state index is 12.2. The fraction of sp³-hybridized carbons (Fsp3) is 0.368. The highest BCUT2D eigenvalue weighted by Crippen LogP contribution is 2.22. The zero-order valence-corrected chi connectivity index (χ0v) is 14.3. The van der Waals surface area contributed by atoms with Crippen LogP contribution in [0.15, 0.2) is 53.1 Å². The molecule has 0 unspecified atom stereocenters. The quantitative estimate of drug-likeness (QED) is 0.843. The number of rotatable bonds is 6. The molecule has 0 saturated carbocycles. The van der Waals surface area contributed by atoms with Crippen LogP contribution in [0.2, 0.25) is 0 Å². The molecule has 2 amide bonds. The first kappa shape index (κ1) is 17.1. The van der Waals surface area contributed by atoms with Crippen LogP contribution in [0.25, 0.3) is 0 Å². The van der Waals surface area contributed by atoms with E-state index in [2.05, 4.69) is 27.7 Å². The van der Waals surface area contributed by atoms with E-state index in [1.165, 1.54) is 12.0 Å². The molecule has 0 radical (unpaired) electrons. The number of carbonyl (C=O) groups is 2. The van der Waals surface area contributed by atoms with Gasteiger partial charge in [0.05, 0.1) is 6.26 Å². The molecule has 3 rings (SSSR count). The molecule has 6 heteroatoms. The van der Waals surface area contributed by atoms with Gasteiger partial charge in [0.25, 0.3) is 5.91 Å². The second kappa shape index (κ2) is 7.88. The zero-order chi connectivity index (χ0) is 17.6. The Labute approximate surface area is 147 Å². The summed E-state index contributed by atoms with van der Waals surface area (Å²) in [5, 5.41) is 5.57. The normalized spacial score (nSPS) is 18.0. The Morgan fingerprint density at radius 3 is 2.76 bits per heavy atom. The molecule has 1 saturated heterocycles. The van der Waals surface area contributed by atoms with E-state index in [1.54, 1.807) is 19.1 Å². The van der Waals surface area contributed by atoms with E-state index in [0.717, 1.165) is 19.5 Å². The van der Waals surface area contributed by atoms with Crippen LogP contribution in [0.4, 0.5) is 5.69 Å². The third kappa shape index (κ3) is 4.41. The molecule has 2 N–H and O–H groups in total. The van der Waals surface area contributed by atoms with Crippen LogP contribution in [0, 0.1) is 5.92 Å². The molecule has 1 aliphatic heterocycles. The van der Waals surface area contributed by atoms with Gasteiger partial charge in [-0.25, -0.2) is 0 Å². The van der Waals surface area contributed by atoms with E-state index in [1.807, 2.05) is 18.2 Å². The highest BCUT2D eigenvalue weighted by atomic mass is 16.3. The Bertz CT molecular complexity index is 700. The lowest BCUT2D eigenvalue weighted by Crippen LogP contribution is -2.46. The molecule has 1 fully saturated rings. The molecular weight excluding hydrogens is 318 g/mol. The highest BCUT2D eigenvalue weighted by molar-refractivity contribution is 5.95. The number of para-hydroxylation sites is 1. The van der Waals surface area contributed by atoms with Crippen LogP contribution in [0.5, 0.6) is 0 Å². The van der Waals surface area contributed by atoms with Crippen LogP contribution in [-0.2, 0) is 4.79 Å². The molecule has 132 valence electrons. The maximum Gasteiger partial charge on any atom is 0.287 e. The standard InChI is InChI=1S/C19H23N3O3/c1-14(21-19(24)17-8-5-11-25-17)18(23)20-12-15-9-10-22(13-15)16-6-3-2-4-7-16/h2-8,11,14-15H,9-10,12-13H2,1H3,(H,20,23)(H,21,24)/t14-,15+/m0/s1. The van der Waals surface area contributed by atoms with Crippen molar-refractivity contribution in [2.24, 2.45) is 5.92 Å². The lowest BCUT2D eigenvalue weighted by molar-refractivity contribution is -0.122. The van der Waals surface area contributed by atoms with Gasteiger partial charge in [-0.2, -0.15) is 0 Å². The van der Waals surface area contributed by atoms with Crippen molar-refractivity contribution >= 4 is 17.5 Å². The second-order valence-electron chi connectivity index (χ2n) is 6.35. The Morgan fingerprint density at radius 1 is 1.24 bits per heavy atom. The Morgan fingerprint density at radius 2 is 2.04 bits per heavy atom. The third-order valence-electron chi connectivity index (χ3n) is 4.46. The highest BCUT2D eigenvalue weighted by Gasteiger charge is 2.24. The summed E-state index contributed by atoms with van der Waals surface area (Å²) in [4.78, 5) is 26.4. The van der Waals surface area contributed by atoms with Gasteiger partial charge in [-0.3, -0.25) is 9.59 Å². The molecule has 25 heavy (non-hydrogen) atoms. The molecule has 0 spiro atoms. The topological polar surface area (TPSA) is 74.6 Å². The molecule has 1 aromatic heterocycles. The summed E-state index contributed by atoms with van der Waals surface area (Å²) in [5.41, 5.74) is 1.22. The molecule has 0 bridgehead atoms. The average Bonchev–Trinajstić information content (AvgIpc) is 3.32. The first-order valence-corrected chi connectivity index (χ1v) is 8.55. The number of carbonyl (C=O) groups excluding carboxylic acids is 2. The van der Waals surface area contributed by atoms with Crippen LogP contribution in [0.1, 0.15) is 23.9 Å². The molecule has 2 atom stereocenters. The van der Waals surface area contributed by atoms with Crippen LogP contribution in [0.3, 0.4) is 0 Å². The van der Waals surface area contributed by atoms with E-state index in [0.29, 0.717) is 12.5 Å². The largest absolute Gasteiger partial charge is 0.459 e. The summed E-state index contributed by atoms with van der Waals surface area (Å²) in [5.74, 6) is 0.0490. The summed E-state index contributed by atoms with van der Waals surface area (Å²) in [6.45, 7) is 4.21. The Kier molecular flexibility index (Phi) is 5.38. The average molecular weight is 341 g/mol. The summed E-state index contributed by atoms with van der Waals surface area (Å²) in [6.07, 6.45) is 2.47. The van der Waals surface area contributed by atoms with Crippen molar-refractivity contribution in [2.45, 2.75) is 19.4 Å². The van der Waals surface area contributed by atoms with Crippen molar-refractivity contribution in [3.05, 3.63) is 54.5 Å². The smallest absolute Gasteiger partial charge is 0.287 e. The minimum atomic E-state index is -0.607. The van der Waals surface area contributed by atoms with E-state index in [4.69, 9.17) is 4.42 Å². The fourth-order valence-electron chi connectivity index (χ4n) is 3.01. The lowest BCUT2D eigenvalue weighted by Gasteiger charge is -2.19. The number of anilines is 1. The summed E-state index contributed by atoms with van der Waals surface area (Å²) >= 11 is 0. The van der Waals surface area contributed by atoms with Crippen molar-refractivity contribution in [3.63, 3.8) is 0 Å². The van der Waals surface area contributed by atoms with Gasteiger partial charge in [0.15, 0.2) is 5.76 Å². The number of amides is 2. The summed E-state index contributed by atoms with van der Waals surface area (Å²) in [7, 11) is 0. The molecule has 1 aromatic carbocycles. The predicted molar refractivity (Wildman–Crippen MR) is 95.4 cm³/mol. The number of nitrogens with one attached hydrogen (secondary N) is 2. The van der Waals surface area contributed by atoms with Gasteiger partial charge in [-0.05, 0) is 43.5 Å². The zero-order valence-electron chi connectivity index (χ0n) is 14.3. The SMILES string of the molecule is C[C@H](NC(=O)c1ccco1)C(=O)NC[C@H]1CCN(c2ccccc2)C1. The monoisotopic (exact) mass is 341 g/mol. The third-order valence-corrected chi connectivity index (χ3v) is 4.46. The van der Waals surface area contributed by atoms with Gasteiger partial charge >= 0.3 is 0 Å². The molecule has 6 nitrogen and oxygen atoms in total. The second-order valence-corrected chi connectivity index (χ2v) is 6.35. The van der Waals surface area contributed by atoms with Gasteiger partial charge in [0, 0.05) is 25.3 Å². The van der Waals surface area contributed by atoms with Crippen molar-refractivity contribution in [1.82, 2.24) is 10.6 Å². The Hall–Kier alpha value is -2.76. The van der Waals surface area contributed by atoms with Gasteiger partial charge in [-0.1, -0.05) is 18.2 Å². The van der Waals surface area contributed by atoms with E-state index in [9.17, 15) is 9.59 Å². The van der Waals surface area contributed by atoms with E-state index in [-0.39, 0.29) is 17.6 Å². The van der Waals surface area contributed by atoms with E-state index >= 15 is 0 Å². The number of hydrogen-bond donors (Lipinski definition) is 2. The number of hydrogen-bond acceptors (Lipinski definition) is 4. The summed E-state index contributed by atoms with van der Waals surface area (Å²) in [6, 6.07) is 12.9. The van der Waals surface area contributed by atoms with Gasteiger partial charge in [0.2, 0.25) is 5.91 Å². The summed E-state index contributed by atoms with van der Waals surface area (Å²) < 4.78 is 5.02. The predicted octanol–water partition coefficient (Wildman–Crippen LogP) is 2.04. The van der Waals surface area contributed by atoms with Crippen LogP contribution in [-0.4, -0.2) is 37.5 Å². The first-order chi connectivity index (χ1) is 12.1. The van der Waals surface area contributed by atoms with Crippen LogP contribution >= 0.6 is 0 Å². The molecule has 2 aromatic rings. The number of benzene rings is 1. The minimum Gasteiger partial charge on any atom is -0.459 e. The minimum absolute atomic E-state index is 0.182. The lowest BCUT2D eigenvalue weighted by atomic mass is 10.1. The fourth-order valence-corrected chi connectivity index (χ4v) is 3.01. The Balaban J connectivity index is 1.42. The number of nitrogens with zero attached hydrogens (tertiary/aromatic N) is 1. The van der Waals surface area contributed by atoms with Crippen molar-refractivity contribution in [1.29, 1.82) is 0 Å². The molecule has 1 aliphatic rings. The van der Waals surface area contributed by atoms with Gasteiger partial charge in [-0.15, -0.1) is 0 Å². The van der Waals surface area contributed by atoms with Gasteiger partial charge < -0.3 is 20.0 Å². The number of furan rings is 1. The van der Waals surface area contributed by atoms with Crippen molar-refractivity contribution in [2.75, 3.05) is 24.5 Å². The van der Waals surface area contributed by atoms with Crippen molar-refractivity contribution in [3.8, 4) is 0 Å². The van der Waals surface area contributed by atoms with Gasteiger partial charge in [0.1, 0.15) is 6.04 Å².